The van der Waals surface area contributed by atoms with E-state index in [4.69, 9.17) is 4.74 Å². The molecule has 1 atom stereocenters. The molecule has 120 valence electrons. The Morgan fingerprint density at radius 2 is 2.14 bits per heavy atom. The maximum atomic E-state index is 12.0. The summed E-state index contributed by atoms with van der Waals surface area (Å²) in [5, 5.41) is 2.83. The van der Waals surface area contributed by atoms with Crippen LogP contribution in [0.5, 0.6) is 0 Å². The van der Waals surface area contributed by atoms with E-state index in [0.717, 1.165) is 24.1 Å². The van der Waals surface area contributed by atoms with E-state index in [1.165, 1.54) is 5.56 Å². The van der Waals surface area contributed by atoms with Gasteiger partial charge in [0, 0.05) is 12.1 Å². The molecule has 0 aromatic heterocycles. The van der Waals surface area contributed by atoms with Crippen LogP contribution in [0, 0.1) is 13.8 Å². The summed E-state index contributed by atoms with van der Waals surface area (Å²) in [6, 6.07) is 5.91. The van der Waals surface area contributed by atoms with Crippen molar-refractivity contribution in [2.24, 2.45) is 0 Å². The third-order valence-electron chi connectivity index (χ3n) is 3.96. The fraction of sp³-hybridized carbons (Fsp3) is 0.529. The van der Waals surface area contributed by atoms with E-state index >= 15 is 0 Å². The minimum atomic E-state index is -0.351. The number of anilines is 1. The zero-order valence-corrected chi connectivity index (χ0v) is 13.5. The van der Waals surface area contributed by atoms with Crippen LogP contribution in [0.1, 0.15) is 37.3 Å². The van der Waals surface area contributed by atoms with Crippen molar-refractivity contribution >= 4 is 17.7 Å². The number of hydrogen-bond donors (Lipinski definition) is 1. The van der Waals surface area contributed by atoms with Crippen LogP contribution in [0.3, 0.4) is 0 Å². The van der Waals surface area contributed by atoms with Crippen molar-refractivity contribution in [2.75, 3.05) is 18.0 Å². The monoisotopic (exact) mass is 304 g/mol. The Kier molecular flexibility index (Phi) is 5.41. The summed E-state index contributed by atoms with van der Waals surface area (Å²) in [5.41, 5.74) is 3.17. The first kappa shape index (κ1) is 16.3. The van der Waals surface area contributed by atoms with Crippen molar-refractivity contribution in [1.29, 1.82) is 0 Å². The van der Waals surface area contributed by atoms with Gasteiger partial charge in [-0.25, -0.2) is 4.79 Å². The van der Waals surface area contributed by atoms with Crippen LogP contribution >= 0.6 is 0 Å². The van der Waals surface area contributed by atoms with Gasteiger partial charge in [0.05, 0.1) is 13.1 Å². The van der Waals surface area contributed by atoms with Gasteiger partial charge in [0.2, 0.25) is 5.91 Å². The van der Waals surface area contributed by atoms with Crippen LogP contribution in [0.25, 0.3) is 0 Å². The number of carbonyl (C=O) groups is 2. The molecule has 1 aliphatic heterocycles. The smallest absolute Gasteiger partial charge is 0.414 e. The SMILES string of the molecule is CCCCC(=O)NCC1CN(c2ccc(C)c(C)c2)C(=O)O1. The zero-order chi connectivity index (χ0) is 16.1. The number of nitrogens with one attached hydrogen (secondary N) is 1. The summed E-state index contributed by atoms with van der Waals surface area (Å²) < 4.78 is 5.33. The maximum absolute atomic E-state index is 12.0. The van der Waals surface area contributed by atoms with E-state index in [1.54, 1.807) is 4.90 Å². The molecule has 0 bridgehead atoms. The van der Waals surface area contributed by atoms with Gasteiger partial charge in [-0.15, -0.1) is 0 Å². The highest BCUT2D eigenvalue weighted by molar-refractivity contribution is 5.90. The molecule has 1 unspecified atom stereocenters. The largest absolute Gasteiger partial charge is 0.442 e. The van der Waals surface area contributed by atoms with Crippen molar-refractivity contribution in [3.63, 3.8) is 0 Å². The zero-order valence-electron chi connectivity index (χ0n) is 13.5. The van der Waals surface area contributed by atoms with E-state index in [0.29, 0.717) is 19.5 Å². The number of unbranched alkanes of at least 4 members (excludes halogenated alkanes) is 1. The molecular weight excluding hydrogens is 280 g/mol. The number of nitrogens with zero attached hydrogens (tertiary/aromatic N) is 1. The van der Waals surface area contributed by atoms with Crippen molar-refractivity contribution in [3.05, 3.63) is 29.3 Å². The molecule has 1 saturated heterocycles. The van der Waals surface area contributed by atoms with E-state index in [2.05, 4.69) is 5.32 Å². The molecule has 0 spiro atoms. The molecule has 0 aliphatic carbocycles. The fourth-order valence-electron chi connectivity index (χ4n) is 2.39. The molecule has 1 N–H and O–H groups in total. The summed E-state index contributed by atoms with van der Waals surface area (Å²) in [6.45, 7) is 6.94. The number of amides is 2. The molecule has 0 saturated carbocycles. The Morgan fingerprint density at radius 3 is 2.82 bits per heavy atom. The number of hydrogen-bond acceptors (Lipinski definition) is 3. The molecule has 0 radical (unpaired) electrons. The van der Waals surface area contributed by atoms with Crippen LogP contribution in [0.4, 0.5) is 10.5 Å². The molecule has 22 heavy (non-hydrogen) atoms. The minimum Gasteiger partial charge on any atom is -0.442 e. The molecule has 2 amide bonds. The van der Waals surface area contributed by atoms with Gasteiger partial charge in [-0.1, -0.05) is 19.4 Å². The first-order chi connectivity index (χ1) is 10.5. The second kappa shape index (κ2) is 7.29. The molecule has 1 fully saturated rings. The summed E-state index contributed by atoms with van der Waals surface area (Å²) >= 11 is 0. The van der Waals surface area contributed by atoms with Crippen LogP contribution in [0.15, 0.2) is 18.2 Å². The number of carbonyl (C=O) groups excluding carboxylic acids is 2. The predicted octanol–water partition coefficient (Wildman–Crippen LogP) is 2.94. The molecule has 1 aliphatic rings. The van der Waals surface area contributed by atoms with E-state index in [1.807, 2.05) is 39.0 Å². The highest BCUT2D eigenvalue weighted by Crippen LogP contribution is 2.23. The van der Waals surface area contributed by atoms with Crippen LogP contribution in [0.2, 0.25) is 0 Å². The van der Waals surface area contributed by atoms with Crippen molar-refractivity contribution in [1.82, 2.24) is 5.32 Å². The lowest BCUT2D eigenvalue weighted by atomic mass is 10.1. The molecule has 5 nitrogen and oxygen atoms in total. The van der Waals surface area contributed by atoms with Crippen LogP contribution in [-0.4, -0.2) is 31.2 Å². The molecule has 5 heteroatoms. The second-order valence-electron chi connectivity index (χ2n) is 5.79. The summed E-state index contributed by atoms with van der Waals surface area (Å²) in [4.78, 5) is 25.2. The standard InChI is InChI=1S/C17H24N2O3/c1-4-5-6-16(20)18-10-15-11-19(17(21)22-15)14-8-7-12(2)13(3)9-14/h7-9,15H,4-6,10-11H2,1-3H3,(H,18,20). The van der Waals surface area contributed by atoms with Crippen LogP contribution < -0.4 is 10.2 Å². The molecule has 2 rings (SSSR count). The topological polar surface area (TPSA) is 58.6 Å². The minimum absolute atomic E-state index is 0.0162. The second-order valence-corrected chi connectivity index (χ2v) is 5.79. The lowest BCUT2D eigenvalue weighted by Gasteiger charge is -2.14. The van der Waals surface area contributed by atoms with Gasteiger partial charge in [-0.3, -0.25) is 9.69 Å². The Hall–Kier alpha value is -2.04. The van der Waals surface area contributed by atoms with Gasteiger partial charge in [0.15, 0.2) is 0 Å². The fourth-order valence-corrected chi connectivity index (χ4v) is 2.39. The molecule has 1 heterocycles. The van der Waals surface area contributed by atoms with Gasteiger partial charge >= 0.3 is 6.09 Å². The highest BCUT2D eigenvalue weighted by atomic mass is 16.6. The highest BCUT2D eigenvalue weighted by Gasteiger charge is 2.32. The number of ether oxygens (including phenoxy) is 1. The third-order valence-corrected chi connectivity index (χ3v) is 3.96. The van der Waals surface area contributed by atoms with Gasteiger partial charge in [0.1, 0.15) is 6.10 Å². The number of rotatable bonds is 6. The Morgan fingerprint density at radius 1 is 1.36 bits per heavy atom. The first-order valence-electron chi connectivity index (χ1n) is 7.83. The molecular formula is C17H24N2O3. The van der Waals surface area contributed by atoms with Crippen molar-refractivity contribution in [2.45, 2.75) is 46.1 Å². The van der Waals surface area contributed by atoms with E-state index < -0.39 is 0 Å². The van der Waals surface area contributed by atoms with Gasteiger partial charge in [0.25, 0.3) is 0 Å². The van der Waals surface area contributed by atoms with Gasteiger partial charge < -0.3 is 10.1 Å². The molecule has 1 aromatic carbocycles. The van der Waals surface area contributed by atoms with Gasteiger partial charge in [-0.05, 0) is 43.5 Å². The number of cyclic esters (lactones) is 1. The van der Waals surface area contributed by atoms with Crippen molar-refractivity contribution in [3.8, 4) is 0 Å². The Balaban J connectivity index is 1.90. The molecule has 1 aromatic rings. The quantitative estimate of drug-likeness (QED) is 0.879. The lowest BCUT2D eigenvalue weighted by Crippen LogP contribution is -2.34. The van der Waals surface area contributed by atoms with E-state index in [-0.39, 0.29) is 18.1 Å². The predicted molar refractivity (Wildman–Crippen MR) is 86.1 cm³/mol. The number of aryl methyl sites for hydroxylation is 2. The average molecular weight is 304 g/mol. The summed E-state index contributed by atoms with van der Waals surface area (Å²) in [7, 11) is 0. The number of benzene rings is 1. The maximum Gasteiger partial charge on any atom is 0.414 e. The Labute approximate surface area is 131 Å². The Bertz CT molecular complexity index is 557. The third kappa shape index (κ3) is 4.00. The summed E-state index contributed by atoms with van der Waals surface area (Å²) in [6.07, 6.45) is 1.76. The van der Waals surface area contributed by atoms with Crippen LogP contribution in [-0.2, 0) is 9.53 Å². The summed E-state index contributed by atoms with van der Waals surface area (Å²) in [5.74, 6) is 0.0162. The van der Waals surface area contributed by atoms with Crippen molar-refractivity contribution < 1.29 is 14.3 Å². The van der Waals surface area contributed by atoms with E-state index in [9.17, 15) is 9.59 Å². The lowest BCUT2D eigenvalue weighted by molar-refractivity contribution is -0.121. The van der Waals surface area contributed by atoms with Gasteiger partial charge in [-0.2, -0.15) is 0 Å². The first-order valence-corrected chi connectivity index (χ1v) is 7.83. The normalized spacial score (nSPS) is 17.5. The average Bonchev–Trinajstić information content (AvgIpc) is 2.87.